The highest BCUT2D eigenvalue weighted by atomic mass is 16.3. The predicted molar refractivity (Wildman–Crippen MR) is 81.7 cm³/mol. The van der Waals surface area contributed by atoms with E-state index in [4.69, 9.17) is 5.73 Å². The largest absolute Gasteiger partial charge is 0.507 e. The van der Waals surface area contributed by atoms with Crippen molar-refractivity contribution in [2.45, 2.75) is 45.7 Å². The van der Waals surface area contributed by atoms with Gasteiger partial charge in [-0.05, 0) is 55.2 Å². The molecule has 1 aromatic rings. The fourth-order valence-electron chi connectivity index (χ4n) is 4.13. The van der Waals surface area contributed by atoms with Crippen molar-refractivity contribution in [2.24, 2.45) is 17.6 Å². The number of aromatic hydroxyl groups is 1. The Bertz CT molecular complexity index is 477. The lowest BCUT2D eigenvalue weighted by Crippen LogP contribution is -2.38. The maximum Gasteiger partial charge on any atom is 0.121 e. The van der Waals surface area contributed by atoms with Crippen LogP contribution in [0.5, 0.6) is 5.75 Å². The van der Waals surface area contributed by atoms with Crippen molar-refractivity contribution in [3.63, 3.8) is 0 Å². The second-order valence-corrected chi connectivity index (χ2v) is 6.79. The Balaban J connectivity index is 1.70. The number of aryl methyl sites for hydroxylation is 2. The molecular formula is C17H26N2O. The molecule has 0 radical (unpaired) electrons. The molecule has 3 N–H and O–H groups in total. The molecule has 0 spiro atoms. The number of likely N-dealkylation sites (tertiary alicyclic amines) is 1. The van der Waals surface area contributed by atoms with Crippen molar-refractivity contribution in [2.75, 3.05) is 13.1 Å². The molecule has 3 nitrogen and oxygen atoms in total. The first kappa shape index (κ1) is 13.9. The summed E-state index contributed by atoms with van der Waals surface area (Å²) in [5.41, 5.74) is 9.55. The number of nitrogens with two attached hydrogens (primary N) is 1. The number of hydrogen-bond donors (Lipinski definition) is 2. The fourth-order valence-corrected chi connectivity index (χ4v) is 4.13. The molecule has 1 aromatic carbocycles. The Morgan fingerprint density at radius 1 is 1.20 bits per heavy atom. The maximum absolute atomic E-state index is 9.86. The van der Waals surface area contributed by atoms with Crippen LogP contribution in [0.15, 0.2) is 12.1 Å². The standard InChI is InChI=1S/C17H26N2O/c1-11-6-13(7-12(2)17(11)20)8-19-9-14-4-3-5-16(18)15(14)10-19/h6-7,14-16,20H,3-5,8-10,18H2,1-2H3. The van der Waals surface area contributed by atoms with Crippen LogP contribution in [0.4, 0.5) is 0 Å². The van der Waals surface area contributed by atoms with E-state index in [0.29, 0.717) is 17.7 Å². The summed E-state index contributed by atoms with van der Waals surface area (Å²) in [5.74, 6) is 1.94. The van der Waals surface area contributed by atoms with Crippen molar-refractivity contribution in [1.29, 1.82) is 0 Å². The lowest BCUT2D eigenvalue weighted by molar-refractivity contribution is 0.259. The minimum atomic E-state index is 0.405. The van der Waals surface area contributed by atoms with E-state index in [-0.39, 0.29) is 0 Å². The van der Waals surface area contributed by atoms with Crippen molar-refractivity contribution in [3.8, 4) is 5.75 Å². The first-order valence-corrected chi connectivity index (χ1v) is 7.81. The van der Waals surface area contributed by atoms with Crippen LogP contribution in [0, 0.1) is 25.7 Å². The molecule has 3 rings (SSSR count). The van der Waals surface area contributed by atoms with Crippen LogP contribution in [0.2, 0.25) is 0 Å². The molecule has 2 aliphatic rings. The van der Waals surface area contributed by atoms with E-state index in [1.54, 1.807) is 0 Å². The van der Waals surface area contributed by atoms with E-state index < -0.39 is 0 Å². The summed E-state index contributed by atoms with van der Waals surface area (Å²) in [4.78, 5) is 2.55. The molecule has 3 heteroatoms. The van der Waals surface area contributed by atoms with Crippen LogP contribution in [0.1, 0.15) is 36.0 Å². The summed E-state index contributed by atoms with van der Waals surface area (Å²) in [6, 6.07) is 4.64. The third kappa shape index (κ3) is 2.57. The normalized spacial score (nSPS) is 30.4. The van der Waals surface area contributed by atoms with Gasteiger partial charge in [-0.15, -0.1) is 0 Å². The van der Waals surface area contributed by atoms with Gasteiger partial charge in [0.25, 0.3) is 0 Å². The number of phenols is 1. The van der Waals surface area contributed by atoms with Gasteiger partial charge >= 0.3 is 0 Å². The van der Waals surface area contributed by atoms with Crippen molar-refractivity contribution in [1.82, 2.24) is 4.90 Å². The van der Waals surface area contributed by atoms with Gasteiger partial charge in [-0.1, -0.05) is 18.6 Å². The summed E-state index contributed by atoms with van der Waals surface area (Å²) < 4.78 is 0. The molecule has 1 aliphatic heterocycles. The second-order valence-electron chi connectivity index (χ2n) is 6.79. The van der Waals surface area contributed by atoms with Crippen molar-refractivity contribution >= 4 is 0 Å². The fraction of sp³-hybridized carbons (Fsp3) is 0.647. The molecule has 3 unspecified atom stereocenters. The molecule has 2 fully saturated rings. The van der Waals surface area contributed by atoms with Gasteiger partial charge in [0.1, 0.15) is 5.75 Å². The third-order valence-corrected chi connectivity index (χ3v) is 5.19. The number of phenolic OH excluding ortho intramolecular Hbond substituents is 1. The van der Waals surface area contributed by atoms with Gasteiger partial charge in [0.05, 0.1) is 0 Å². The summed E-state index contributed by atoms with van der Waals surface area (Å²) >= 11 is 0. The van der Waals surface area contributed by atoms with Crippen LogP contribution >= 0.6 is 0 Å². The Morgan fingerprint density at radius 2 is 1.90 bits per heavy atom. The van der Waals surface area contributed by atoms with Crippen LogP contribution in [0.3, 0.4) is 0 Å². The zero-order valence-corrected chi connectivity index (χ0v) is 12.6. The monoisotopic (exact) mass is 274 g/mol. The number of fused-ring (bicyclic) bond motifs is 1. The lowest BCUT2D eigenvalue weighted by Gasteiger charge is -2.29. The van der Waals surface area contributed by atoms with Gasteiger partial charge < -0.3 is 10.8 Å². The number of hydrogen-bond acceptors (Lipinski definition) is 3. The van der Waals surface area contributed by atoms with E-state index in [0.717, 1.165) is 30.1 Å². The SMILES string of the molecule is Cc1cc(CN2CC3CCCC(N)C3C2)cc(C)c1O. The number of rotatable bonds is 2. The Hall–Kier alpha value is -1.06. The molecule has 3 atom stereocenters. The van der Waals surface area contributed by atoms with Gasteiger partial charge in [0.15, 0.2) is 0 Å². The van der Waals surface area contributed by atoms with E-state index in [9.17, 15) is 5.11 Å². The smallest absolute Gasteiger partial charge is 0.121 e. The maximum atomic E-state index is 9.86. The second kappa shape index (κ2) is 5.38. The van der Waals surface area contributed by atoms with Crippen LogP contribution < -0.4 is 5.73 Å². The van der Waals surface area contributed by atoms with Gasteiger partial charge in [0.2, 0.25) is 0 Å². The highest BCUT2D eigenvalue weighted by Crippen LogP contribution is 2.36. The molecule has 1 saturated heterocycles. The molecule has 1 aliphatic carbocycles. The molecular weight excluding hydrogens is 248 g/mol. The molecule has 0 bridgehead atoms. The zero-order chi connectivity index (χ0) is 14.3. The van der Waals surface area contributed by atoms with Crippen molar-refractivity contribution < 1.29 is 5.11 Å². The zero-order valence-electron chi connectivity index (χ0n) is 12.6. The van der Waals surface area contributed by atoms with E-state index in [1.165, 1.54) is 31.4 Å². The van der Waals surface area contributed by atoms with Crippen LogP contribution in [-0.4, -0.2) is 29.1 Å². The first-order chi connectivity index (χ1) is 9.54. The highest BCUT2D eigenvalue weighted by molar-refractivity contribution is 5.42. The van der Waals surface area contributed by atoms with Crippen LogP contribution in [0.25, 0.3) is 0 Å². The highest BCUT2D eigenvalue weighted by Gasteiger charge is 2.38. The van der Waals surface area contributed by atoms with Crippen molar-refractivity contribution in [3.05, 3.63) is 28.8 Å². The van der Waals surface area contributed by atoms with Gasteiger partial charge in [-0.2, -0.15) is 0 Å². The topological polar surface area (TPSA) is 49.5 Å². The van der Waals surface area contributed by atoms with Gasteiger partial charge in [0, 0.05) is 25.7 Å². The number of nitrogens with zero attached hydrogens (tertiary/aromatic N) is 1. The van der Waals surface area contributed by atoms with Gasteiger partial charge in [-0.25, -0.2) is 0 Å². The first-order valence-electron chi connectivity index (χ1n) is 7.81. The lowest BCUT2D eigenvalue weighted by atomic mass is 9.78. The average Bonchev–Trinajstić information content (AvgIpc) is 2.80. The Morgan fingerprint density at radius 3 is 2.55 bits per heavy atom. The molecule has 110 valence electrons. The van der Waals surface area contributed by atoms with Gasteiger partial charge in [-0.3, -0.25) is 4.90 Å². The number of benzene rings is 1. The van der Waals surface area contributed by atoms with E-state index in [1.807, 2.05) is 13.8 Å². The van der Waals surface area contributed by atoms with E-state index in [2.05, 4.69) is 17.0 Å². The summed E-state index contributed by atoms with van der Waals surface area (Å²) in [6.07, 6.45) is 3.85. The quantitative estimate of drug-likeness (QED) is 0.871. The molecule has 0 amide bonds. The Labute approximate surface area is 121 Å². The summed E-state index contributed by atoms with van der Waals surface area (Å²) in [6.45, 7) is 7.28. The Kier molecular flexibility index (Phi) is 3.74. The average molecular weight is 274 g/mol. The summed E-state index contributed by atoms with van der Waals surface area (Å²) in [7, 11) is 0. The van der Waals surface area contributed by atoms with E-state index >= 15 is 0 Å². The minimum absolute atomic E-state index is 0.405. The molecule has 1 heterocycles. The molecule has 1 saturated carbocycles. The molecule has 20 heavy (non-hydrogen) atoms. The third-order valence-electron chi connectivity index (χ3n) is 5.19. The van der Waals surface area contributed by atoms with Crippen LogP contribution in [-0.2, 0) is 6.54 Å². The summed E-state index contributed by atoms with van der Waals surface area (Å²) in [5, 5.41) is 9.86. The predicted octanol–water partition coefficient (Wildman–Crippen LogP) is 2.57. The minimum Gasteiger partial charge on any atom is -0.507 e. The molecule has 0 aromatic heterocycles.